The van der Waals surface area contributed by atoms with Gasteiger partial charge in [-0.3, -0.25) is 0 Å². The molecule has 160 valence electrons. The molecule has 0 amide bonds. The highest BCUT2D eigenvalue weighted by atomic mass is 35.5. The SMILES string of the molecule is Cl.O=C(OCCCNC1CCCCC1)c1[nH]c(-c2ccccc2)c2cc(Cl)ccc12. The molecule has 1 fully saturated rings. The van der Waals surface area contributed by atoms with Crippen LogP contribution in [0.5, 0.6) is 0 Å². The van der Waals surface area contributed by atoms with Crippen molar-refractivity contribution in [2.75, 3.05) is 13.2 Å². The maximum Gasteiger partial charge on any atom is 0.355 e. The van der Waals surface area contributed by atoms with Gasteiger partial charge in [-0.25, -0.2) is 4.79 Å². The average Bonchev–Trinajstić information content (AvgIpc) is 3.13. The zero-order valence-electron chi connectivity index (χ0n) is 17.0. The largest absolute Gasteiger partial charge is 0.461 e. The van der Waals surface area contributed by atoms with Crippen LogP contribution in [0.2, 0.25) is 5.02 Å². The smallest absolute Gasteiger partial charge is 0.355 e. The molecule has 1 aromatic heterocycles. The Bertz CT molecular complexity index is 966. The Morgan fingerprint density at radius 3 is 2.60 bits per heavy atom. The Morgan fingerprint density at radius 2 is 1.83 bits per heavy atom. The van der Waals surface area contributed by atoms with E-state index in [4.69, 9.17) is 16.3 Å². The highest BCUT2D eigenvalue weighted by molar-refractivity contribution is 6.31. The van der Waals surface area contributed by atoms with Crippen molar-refractivity contribution in [1.82, 2.24) is 10.3 Å². The number of rotatable bonds is 7. The van der Waals surface area contributed by atoms with Crippen LogP contribution in [-0.4, -0.2) is 30.1 Å². The van der Waals surface area contributed by atoms with Gasteiger partial charge in [-0.2, -0.15) is 0 Å². The van der Waals surface area contributed by atoms with Crippen LogP contribution < -0.4 is 5.32 Å². The fourth-order valence-corrected chi connectivity index (χ4v) is 4.29. The van der Waals surface area contributed by atoms with Crippen molar-refractivity contribution in [3.63, 3.8) is 0 Å². The normalized spacial score (nSPS) is 14.4. The van der Waals surface area contributed by atoms with Gasteiger partial charge in [0.15, 0.2) is 0 Å². The van der Waals surface area contributed by atoms with Crippen molar-refractivity contribution < 1.29 is 9.53 Å². The number of halogens is 2. The Balaban J connectivity index is 0.00000256. The van der Waals surface area contributed by atoms with Gasteiger partial charge in [0, 0.05) is 21.8 Å². The minimum absolute atomic E-state index is 0. The second-order valence-electron chi connectivity index (χ2n) is 7.71. The van der Waals surface area contributed by atoms with E-state index in [0.29, 0.717) is 23.4 Å². The molecule has 1 aliphatic carbocycles. The molecule has 3 aromatic rings. The van der Waals surface area contributed by atoms with E-state index < -0.39 is 0 Å². The van der Waals surface area contributed by atoms with E-state index in [1.165, 1.54) is 32.1 Å². The maximum atomic E-state index is 12.7. The first kappa shape index (κ1) is 22.7. The van der Waals surface area contributed by atoms with E-state index >= 15 is 0 Å². The number of hydrogen-bond acceptors (Lipinski definition) is 3. The fraction of sp³-hybridized carbons (Fsp3) is 0.375. The van der Waals surface area contributed by atoms with Crippen LogP contribution in [0.1, 0.15) is 49.0 Å². The number of hydrogen-bond donors (Lipinski definition) is 2. The number of benzene rings is 2. The van der Waals surface area contributed by atoms with Gasteiger partial charge in [-0.15, -0.1) is 12.4 Å². The fourth-order valence-electron chi connectivity index (χ4n) is 4.12. The lowest BCUT2D eigenvalue weighted by Crippen LogP contribution is -2.32. The average molecular weight is 447 g/mol. The van der Waals surface area contributed by atoms with Gasteiger partial charge < -0.3 is 15.0 Å². The molecular weight excluding hydrogens is 419 g/mol. The summed E-state index contributed by atoms with van der Waals surface area (Å²) in [6.45, 7) is 1.29. The molecule has 0 aliphatic heterocycles. The zero-order chi connectivity index (χ0) is 20.1. The number of aromatic nitrogens is 1. The topological polar surface area (TPSA) is 54.1 Å². The summed E-state index contributed by atoms with van der Waals surface area (Å²) in [7, 11) is 0. The third kappa shape index (κ3) is 5.37. The Labute approximate surface area is 188 Å². The summed E-state index contributed by atoms with van der Waals surface area (Å²) in [4.78, 5) is 16.0. The molecule has 1 saturated carbocycles. The van der Waals surface area contributed by atoms with Gasteiger partial charge in [0.1, 0.15) is 5.69 Å². The molecule has 0 atom stereocenters. The highest BCUT2D eigenvalue weighted by Crippen LogP contribution is 2.33. The molecule has 0 radical (unpaired) electrons. The number of carbonyl (C=O) groups excluding carboxylic acids is 1. The van der Waals surface area contributed by atoms with Gasteiger partial charge >= 0.3 is 5.97 Å². The van der Waals surface area contributed by atoms with Gasteiger partial charge in [-0.05, 0) is 43.5 Å². The van der Waals surface area contributed by atoms with Crippen LogP contribution in [-0.2, 0) is 4.74 Å². The van der Waals surface area contributed by atoms with Crippen LogP contribution in [0.3, 0.4) is 0 Å². The van der Waals surface area contributed by atoms with Crippen LogP contribution in [0.15, 0.2) is 48.5 Å². The molecule has 0 saturated heterocycles. The lowest BCUT2D eigenvalue weighted by atomic mass is 9.95. The van der Waals surface area contributed by atoms with E-state index in [2.05, 4.69) is 10.3 Å². The third-order valence-corrected chi connectivity index (χ3v) is 5.86. The number of fused-ring (bicyclic) bond motifs is 1. The predicted octanol–water partition coefficient (Wildman–Crippen LogP) is 6.38. The summed E-state index contributed by atoms with van der Waals surface area (Å²) in [5, 5.41) is 5.98. The van der Waals surface area contributed by atoms with E-state index in [9.17, 15) is 4.79 Å². The van der Waals surface area contributed by atoms with E-state index in [1.807, 2.05) is 42.5 Å². The van der Waals surface area contributed by atoms with Crippen molar-refractivity contribution in [1.29, 1.82) is 0 Å². The maximum absolute atomic E-state index is 12.7. The molecule has 0 unspecified atom stereocenters. The van der Waals surface area contributed by atoms with Crippen LogP contribution in [0.4, 0.5) is 0 Å². The molecule has 6 heteroatoms. The molecule has 2 aromatic carbocycles. The monoisotopic (exact) mass is 446 g/mol. The first-order valence-corrected chi connectivity index (χ1v) is 10.9. The summed E-state index contributed by atoms with van der Waals surface area (Å²) in [5.74, 6) is -0.322. The van der Waals surface area contributed by atoms with Crippen LogP contribution in [0, 0.1) is 0 Å². The van der Waals surface area contributed by atoms with Gasteiger partial charge in [0.25, 0.3) is 0 Å². The van der Waals surface area contributed by atoms with Gasteiger partial charge in [0.2, 0.25) is 0 Å². The summed E-state index contributed by atoms with van der Waals surface area (Å²) in [6, 6.07) is 16.1. The van der Waals surface area contributed by atoms with Gasteiger partial charge in [-0.1, -0.05) is 67.3 Å². The number of ether oxygens (including phenoxy) is 1. The lowest BCUT2D eigenvalue weighted by Gasteiger charge is -2.22. The van der Waals surface area contributed by atoms with Crippen molar-refractivity contribution in [2.45, 2.75) is 44.6 Å². The number of nitrogens with one attached hydrogen (secondary N) is 2. The molecule has 1 heterocycles. The zero-order valence-corrected chi connectivity index (χ0v) is 18.5. The second-order valence-corrected chi connectivity index (χ2v) is 8.15. The lowest BCUT2D eigenvalue weighted by molar-refractivity contribution is 0.0496. The Kier molecular flexibility index (Phi) is 8.20. The number of esters is 1. The molecular formula is C24H28Cl2N2O2. The minimum Gasteiger partial charge on any atom is -0.461 e. The highest BCUT2D eigenvalue weighted by Gasteiger charge is 2.19. The van der Waals surface area contributed by atoms with E-state index in [-0.39, 0.29) is 18.4 Å². The standard InChI is InChI=1S/C24H27ClN2O2.ClH/c25-18-12-13-20-21(16-18)22(17-8-3-1-4-9-17)27-23(20)24(28)29-15-7-14-26-19-10-5-2-6-11-19;/h1,3-4,8-9,12-13,16,19,26-27H,2,5-7,10-11,14-15H2;1H. The van der Waals surface area contributed by atoms with Crippen molar-refractivity contribution in [3.8, 4) is 11.3 Å². The first-order valence-electron chi connectivity index (χ1n) is 10.5. The van der Waals surface area contributed by atoms with Crippen molar-refractivity contribution in [2.24, 2.45) is 0 Å². The third-order valence-electron chi connectivity index (χ3n) is 5.63. The molecule has 30 heavy (non-hydrogen) atoms. The summed E-state index contributed by atoms with van der Waals surface area (Å²) in [5.41, 5.74) is 2.38. The Morgan fingerprint density at radius 1 is 1.07 bits per heavy atom. The summed E-state index contributed by atoms with van der Waals surface area (Å²) in [6.07, 6.45) is 7.34. The van der Waals surface area contributed by atoms with E-state index in [0.717, 1.165) is 35.0 Å². The number of carbonyl (C=O) groups is 1. The van der Waals surface area contributed by atoms with Crippen LogP contribution in [0.25, 0.3) is 22.0 Å². The predicted molar refractivity (Wildman–Crippen MR) is 126 cm³/mol. The first-order chi connectivity index (χ1) is 14.2. The van der Waals surface area contributed by atoms with E-state index in [1.54, 1.807) is 6.07 Å². The Hall–Kier alpha value is -2.01. The summed E-state index contributed by atoms with van der Waals surface area (Å²) < 4.78 is 5.56. The quantitative estimate of drug-likeness (QED) is 0.326. The number of aromatic amines is 1. The second kappa shape index (κ2) is 10.9. The molecule has 0 spiro atoms. The van der Waals surface area contributed by atoms with Crippen LogP contribution >= 0.6 is 24.0 Å². The summed E-state index contributed by atoms with van der Waals surface area (Å²) >= 11 is 6.21. The van der Waals surface area contributed by atoms with Crippen molar-refractivity contribution in [3.05, 3.63) is 59.2 Å². The molecule has 4 nitrogen and oxygen atoms in total. The molecule has 4 rings (SSSR count). The van der Waals surface area contributed by atoms with Crippen molar-refractivity contribution >= 4 is 40.7 Å². The molecule has 0 bridgehead atoms. The number of H-pyrrole nitrogens is 1. The molecule has 1 aliphatic rings. The minimum atomic E-state index is -0.322. The molecule has 2 N–H and O–H groups in total. The van der Waals surface area contributed by atoms with Gasteiger partial charge in [0.05, 0.1) is 12.3 Å².